The predicted molar refractivity (Wildman–Crippen MR) is 64.1 cm³/mol. The highest BCUT2D eigenvalue weighted by Crippen LogP contribution is 2.48. The lowest BCUT2D eigenvalue weighted by Gasteiger charge is -2.14. The molecule has 0 aromatic heterocycles. The van der Waals surface area contributed by atoms with Gasteiger partial charge < -0.3 is 0 Å². The van der Waals surface area contributed by atoms with Crippen LogP contribution in [0.4, 0.5) is 0 Å². The van der Waals surface area contributed by atoms with Gasteiger partial charge in [0.25, 0.3) is 0 Å². The van der Waals surface area contributed by atoms with E-state index in [4.69, 9.17) is 0 Å². The Morgan fingerprint density at radius 3 is 2.54 bits per heavy atom. The number of hydrogen-bond donors (Lipinski definition) is 0. The van der Waals surface area contributed by atoms with Crippen LogP contribution in [-0.4, -0.2) is 18.5 Å². The standard InChI is InChI=1S/C12H25P/c1-3-4-5-6-7-9-12-10-8-11-13(12)2/h12H,3-11H2,1-2H3. The van der Waals surface area contributed by atoms with Crippen LogP contribution in [0, 0.1) is 0 Å². The van der Waals surface area contributed by atoms with Gasteiger partial charge in [0, 0.05) is 0 Å². The van der Waals surface area contributed by atoms with E-state index < -0.39 is 0 Å². The van der Waals surface area contributed by atoms with Crippen molar-refractivity contribution in [3.8, 4) is 0 Å². The summed E-state index contributed by atoms with van der Waals surface area (Å²) < 4.78 is 0. The fourth-order valence-corrected chi connectivity index (χ4v) is 4.62. The minimum atomic E-state index is 0.447. The Morgan fingerprint density at radius 2 is 1.92 bits per heavy atom. The SMILES string of the molecule is CCCCCCCC1CCCP1C. The molecule has 0 aliphatic carbocycles. The van der Waals surface area contributed by atoms with Crippen molar-refractivity contribution in [2.45, 2.75) is 63.9 Å². The molecule has 1 rings (SSSR count). The Labute approximate surface area is 85.2 Å². The van der Waals surface area contributed by atoms with Crippen molar-refractivity contribution in [3.63, 3.8) is 0 Å². The van der Waals surface area contributed by atoms with Crippen molar-refractivity contribution in [2.75, 3.05) is 12.8 Å². The smallest absolute Gasteiger partial charge is 0.0212 e. The summed E-state index contributed by atoms with van der Waals surface area (Å²) in [5, 5.41) is 0. The molecule has 0 bridgehead atoms. The van der Waals surface area contributed by atoms with Gasteiger partial charge in [-0.1, -0.05) is 39.0 Å². The summed E-state index contributed by atoms with van der Waals surface area (Å²) in [6.45, 7) is 4.81. The Kier molecular flexibility index (Phi) is 6.04. The van der Waals surface area contributed by atoms with Gasteiger partial charge in [-0.15, -0.1) is 7.92 Å². The van der Waals surface area contributed by atoms with Crippen LogP contribution in [0.25, 0.3) is 0 Å². The first-order valence-electron chi connectivity index (χ1n) is 6.05. The lowest BCUT2D eigenvalue weighted by atomic mass is 10.1. The molecule has 1 aliphatic rings. The van der Waals surface area contributed by atoms with Crippen molar-refractivity contribution >= 4 is 7.92 Å². The van der Waals surface area contributed by atoms with Gasteiger partial charge in [0.2, 0.25) is 0 Å². The van der Waals surface area contributed by atoms with E-state index in [9.17, 15) is 0 Å². The first-order valence-corrected chi connectivity index (χ1v) is 8.09. The molecular weight excluding hydrogens is 175 g/mol. The molecule has 0 spiro atoms. The average Bonchev–Trinajstić information content (AvgIpc) is 2.52. The molecule has 0 N–H and O–H groups in total. The van der Waals surface area contributed by atoms with E-state index in [1.165, 1.54) is 38.5 Å². The summed E-state index contributed by atoms with van der Waals surface area (Å²) in [6.07, 6.45) is 13.5. The summed E-state index contributed by atoms with van der Waals surface area (Å²) in [5.74, 6) is 0. The highest BCUT2D eigenvalue weighted by Gasteiger charge is 2.21. The monoisotopic (exact) mass is 200 g/mol. The molecule has 0 amide bonds. The second-order valence-corrected chi connectivity index (χ2v) is 7.17. The molecule has 0 aromatic rings. The van der Waals surface area contributed by atoms with E-state index in [-0.39, 0.29) is 0 Å². The van der Waals surface area contributed by atoms with Gasteiger partial charge in [-0.25, -0.2) is 0 Å². The van der Waals surface area contributed by atoms with E-state index in [1.54, 1.807) is 19.0 Å². The predicted octanol–water partition coefficient (Wildman–Crippen LogP) is 4.62. The Morgan fingerprint density at radius 1 is 1.15 bits per heavy atom. The first-order chi connectivity index (χ1) is 6.34. The molecule has 78 valence electrons. The third kappa shape index (κ3) is 4.45. The third-order valence-corrected chi connectivity index (χ3v) is 6.10. The summed E-state index contributed by atoms with van der Waals surface area (Å²) in [4.78, 5) is 0. The molecule has 0 radical (unpaired) electrons. The van der Waals surface area contributed by atoms with Crippen LogP contribution in [0.15, 0.2) is 0 Å². The van der Waals surface area contributed by atoms with Gasteiger partial charge >= 0.3 is 0 Å². The van der Waals surface area contributed by atoms with E-state index in [0.29, 0.717) is 7.92 Å². The molecule has 0 nitrogen and oxygen atoms in total. The van der Waals surface area contributed by atoms with Gasteiger partial charge in [0.1, 0.15) is 0 Å². The van der Waals surface area contributed by atoms with E-state index in [2.05, 4.69) is 13.6 Å². The van der Waals surface area contributed by atoms with Crippen LogP contribution in [0.2, 0.25) is 0 Å². The summed E-state index contributed by atoms with van der Waals surface area (Å²) in [6, 6.07) is 0. The molecule has 2 atom stereocenters. The van der Waals surface area contributed by atoms with E-state index in [1.807, 2.05) is 0 Å². The van der Waals surface area contributed by atoms with Gasteiger partial charge in [0.05, 0.1) is 0 Å². The first kappa shape index (κ1) is 11.5. The van der Waals surface area contributed by atoms with Crippen LogP contribution >= 0.6 is 7.92 Å². The molecule has 13 heavy (non-hydrogen) atoms. The van der Waals surface area contributed by atoms with Gasteiger partial charge in [0.15, 0.2) is 0 Å². The molecule has 2 unspecified atom stereocenters. The van der Waals surface area contributed by atoms with Crippen molar-refractivity contribution in [3.05, 3.63) is 0 Å². The zero-order valence-electron chi connectivity index (χ0n) is 9.39. The van der Waals surface area contributed by atoms with Crippen LogP contribution in [0.5, 0.6) is 0 Å². The number of rotatable bonds is 6. The maximum absolute atomic E-state index is 2.51. The average molecular weight is 200 g/mol. The summed E-state index contributed by atoms with van der Waals surface area (Å²) in [5.41, 5.74) is 1.15. The summed E-state index contributed by atoms with van der Waals surface area (Å²) in [7, 11) is 0.447. The molecule has 1 heterocycles. The van der Waals surface area contributed by atoms with Gasteiger partial charge in [-0.3, -0.25) is 0 Å². The molecular formula is C12H25P. The maximum Gasteiger partial charge on any atom is -0.0212 e. The minimum Gasteiger partial charge on any atom is -0.107 e. The topological polar surface area (TPSA) is 0 Å². The fourth-order valence-electron chi connectivity index (χ4n) is 2.33. The maximum atomic E-state index is 2.51. The van der Waals surface area contributed by atoms with E-state index >= 15 is 0 Å². The Balaban J connectivity index is 1.93. The van der Waals surface area contributed by atoms with Crippen molar-refractivity contribution in [2.24, 2.45) is 0 Å². The molecule has 0 aromatic carbocycles. The quantitative estimate of drug-likeness (QED) is 0.433. The van der Waals surface area contributed by atoms with Crippen molar-refractivity contribution in [1.82, 2.24) is 0 Å². The van der Waals surface area contributed by atoms with E-state index in [0.717, 1.165) is 5.66 Å². The van der Waals surface area contributed by atoms with Crippen LogP contribution in [0.1, 0.15) is 58.3 Å². The minimum absolute atomic E-state index is 0.447. The van der Waals surface area contributed by atoms with Crippen LogP contribution in [-0.2, 0) is 0 Å². The Bertz CT molecular complexity index is 122. The normalized spacial score (nSPS) is 28.2. The molecule has 1 heteroatoms. The highest BCUT2D eigenvalue weighted by atomic mass is 31.1. The zero-order chi connectivity index (χ0) is 9.52. The molecule has 0 saturated carbocycles. The van der Waals surface area contributed by atoms with Gasteiger partial charge in [-0.05, 0) is 37.7 Å². The summed E-state index contributed by atoms with van der Waals surface area (Å²) >= 11 is 0. The largest absolute Gasteiger partial charge is 0.107 e. The van der Waals surface area contributed by atoms with Crippen LogP contribution in [0.3, 0.4) is 0 Å². The number of unbranched alkanes of at least 4 members (excludes halogenated alkanes) is 4. The second kappa shape index (κ2) is 6.82. The molecule has 1 aliphatic heterocycles. The van der Waals surface area contributed by atoms with Gasteiger partial charge in [-0.2, -0.15) is 0 Å². The van der Waals surface area contributed by atoms with Crippen LogP contribution < -0.4 is 0 Å². The third-order valence-electron chi connectivity index (χ3n) is 3.31. The van der Waals surface area contributed by atoms with Crippen molar-refractivity contribution in [1.29, 1.82) is 0 Å². The second-order valence-electron chi connectivity index (χ2n) is 4.48. The van der Waals surface area contributed by atoms with Crippen molar-refractivity contribution < 1.29 is 0 Å². The lowest BCUT2D eigenvalue weighted by molar-refractivity contribution is 0.588. The fraction of sp³-hybridized carbons (Fsp3) is 1.00. The molecule has 1 fully saturated rings. The Hall–Kier alpha value is 0.430. The zero-order valence-corrected chi connectivity index (χ0v) is 10.3. The molecule has 1 saturated heterocycles. The number of hydrogen-bond acceptors (Lipinski definition) is 0. The lowest BCUT2D eigenvalue weighted by Crippen LogP contribution is -1.98. The highest BCUT2D eigenvalue weighted by molar-refractivity contribution is 7.57.